The second-order valence-corrected chi connectivity index (χ2v) is 2.54. The lowest BCUT2D eigenvalue weighted by Crippen LogP contribution is -2.17. The van der Waals surface area contributed by atoms with Crippen LogP contribution in [0.1, 0.15) is 5.56 Å². The van der Waals surface area contributed by atoms with E-state index in [2.05, 4.69) is 20.2 Å². The van der Waals surface area contributed by atoms with Crippen molar-refractivity contribution in [1.29, 1.82) is 0 Å². The topological polar surface area (TPSA) is 38.4 Å². The molecule has 1 aromatic carbocycles. The zero-order valence-electron chi connectivity index (χ0n) is 6.19. The number of nitrogens with zero attached hydrogens (tertiary/aromatic N) is 1. The summed E-state index contributed by atoms with van der Waals surface area (Å²) in [6, 6.07) is 1.45. The fourth-order valence-corrected chi connectivity index (χ4v) is 0.981. The molecule has 2 nitrogen and oxygen atoms in total. The summed E-state index contributed by atoms with van der Waals surface area (Å²) in [6.45, 7) is 0. The smallest absolute Gasteiger partial charge is 0.172 e. The van der Waals surface area contributed by atoms with Crippen molar-refractivity contribution in [1.82, 2.24) is 0 Å². The van der Waals surface area contributed by atoms with Crippen LogP contribution in [-0.2, 0) is 0 Å². The van der Waals surface area contributed by atoms with Crippen LogP contribution < -0.4 is 5.73 Å². The van der Waals surface area contributed by atoms with Crippen molar-refractivity contribution in [3.63, 3.8) is 0 Å². The van der Waals surface area contributed by atoms with Crippen molar-refractivity contribution >= 4 is 22.0 Å². The molecule has 0 aromatic heterocycles. The molecule has 6 heteroatoms. The summed E-state index contributed by atoms with van der Waals surface area (Å²) in [5, 5.41) is 0. The molecule has 0 atom stereocenters. The number of rotatable bonds is 1. The van der Waals surface area contributed by atoms with Crippen LogP contribution in [0.25, 0.3) is 0 Å². The summed E-state index contributed by atoms with van der Waals surface area (Å²) >= 11 is 2.55. The summed E-state index contributed by atoms with van der Waals surface area (Å²) < 4.78 is 41.6. The maximum atomic E-state index is 12.9. The highest BCUT2D eigenvalue weighted by molar-refractivity contribution is 9.08. The van der Waals surface area contributed by atoms with Gasteiger partial charge in [0, 0.05) is 0 Å². The summed E-state index contributed by atoms with van der Waals surface area (Å²) in [5.74, 6) is -3.93. The second kappa shape index (κ2) is 3.78. The molecule has 1 aromatic rings. The lowest BCUT2D eigenvalue weighted by molar-refractivity contribution is 0.492. The van der Waals surface area contributed by atoms with Gasteiger partial charge in [0.25, 0.3) is 0 Å². The minimum absolute atomic E-state index is 0.450. The third kappa shape index (κ3) is 1.82. The Labute approximate surface area is 80.6 Å². The van der Waals surface area contributed by atoms with E-state index in [-0.39, 0.29) is 0 Å². The van der Waals surface area contributed by atoms with Gasteiger partial charge in [-0.25, -0.2) is 13.2 Å². The molecule has 0 heterocycles. The van der Waals surface area contributed by atoms with E-state index in [1.165, 1.54) is 0 Å². The molecule has 0 unspecified atom stereocenters. The van der Waals surface area contributed by atoms with Crippen molar-refractivity contribution < 1.29 is 13.2 Å². The molecule has 0 radical (unpaired) electrons. The van der Waals surface area contributed by atoms with Crippen LogP contribution in [0.15, 0.2) is 16.2 Å². The van der Waals surface area contributed by atoms with Crippen molar-refractivity contribution in [3.05, 3.63) is 35.1 Å². The highest BCUT2D eigenvalue weighted by Crippen LogP contribution is 2.15. The van der Waals surface area contributed by atoms with Gasteiger partial charge in [-0.15, -0.1) is 0 Å². The molecule has 0 saturated carbocycles. The second-order valence-electron chi connectivity index (χ2n) is 2.19. The van der Waals surface area contributed by atoms with E-state index in [9.17, 15) is 13.2 Å². The van der Waals surface area contributed by atoms with Gasteiger partial charge >= 0.3 is 0 Å². The molecule has 0 aliphatic rings. The number of hydrogen-bond donors (Lipinski definition) is 1. The standard InChI is InChI=1S/C7H4BrF3N2/c8-13-7(12)5-3(9)1-2-4(10)6(5)11/h1-2H,(H2,12,13). The van der Waals surface area contributed by atoms with Crippen LogP contribution in [0.2, 0.25) is 0 Å². The molecular weight excluding hydrogens is 249 g/mol. The lowest BCUT2D eigenvalue weighted by atomic mass is 10.2. The normalized spacial score (nSPS) is 11.8. The minimum Gasteiger partial charge on any atom is -0.383 e. The van der Waals surface area contributed by atoms with E-state index in [4.69, 9.17) is 5.73 Å². The quantitative estimate of drug-likeness (QED) is 0.464. The van der Waals surface area contributed by atoms with Crippen molar-refractivity contribution in [2.24, 2.45) is 9.75 Å². The van der Waals surface area contributed by atoms with Crippen molar-refractivity contribution in [2.75, 3.05) is 0 Å². The van der Waals surface area contributed by atoms with Crippen molar-refractivity contribution in [2.45, 2.75) is 0 Å². The summed E-state index contributed by atoms with van der Waals surface area (Å²) in [5.41, 5.74) is 4.45. The van der Waals surface area contributed by atoms with Gasteiger partial charge in [-0.05, 0) is 12.1 Å². The van der Waals surface area contributed by atoms with Gasteiger partial charge in [0.2, 0.25) is 0 Å². The molecule has 0 fully saturated rings. The number of amidine groups is 1. The van der Waals surface area contributed by atoms with E-state index < -0.39 is 28.9 Å². The van der Waals surface area contributed by atoms with Gasteiger partial charge in [-0.1, -0.05) is 0 Å². The highest BCUT2D eigenvalue weighted by Gasteiger charge is 2.16. The SMILES string of the molecule is NC(=NBr)c1c(F)ccc(F)c1F. The third-order valence-corrected chi connectivity index (χ3v) is 1.77. The van der Waals surface area contributed by atoms with E-state index in [0.717, 1.165) is 6.07 Å². The van der Waals surface area contributed by atoms with Crippen LogP contribution in [-0.4, -0.2) is 5.84 Å². The Morgan fingerprint density at radius 3 is 2.31 bits per heavy atom. The van der Waals surface area contributed by atoms with E-state index in [1.54, 1.807) is 0 Å². The average Bonchev–Trinajstić information content (AvgIpc) is 2.12. The van der Waals surface area contributed by atoms with Gasteiger partial charge < -0.3 is 5.73 Å². The Bertz CT molecular complexity index is 365. The fraction of sp³-hybridized carbons (Fsp3) is 0. The fourth-order valence-electron chi connectivity index (χ4n) is 0.804. The number of halogens is 4. The van der Waals surface area contributed by atoms with Gasteiger partial charge in [0.05, 0.1) is 21.7 Å². The molecule has 0 aliphatic heterocycles. The monoisotopic (exact) mass is 252 g/mol. The maximum Gasteiger partial charge on any atom is 0.172 e. The molecule has 0 saturated heterocycles. The predicted octanol–water partition coefficient (Wildman–Crippen LogP) is 2.12. The van der Waals surface area contributed by atoms with Crippen LogP contribution in [0, 0.1) is 17.5 Å². The van der Waals surface area contributed by atoms with Gasteiger partial charge in [0.15, 0.2) is 11.6 Å². The minimum atomic E-state index is -1.35. The molecule has 70 valence electrons. The van der Waals surface area contributed by atoms with Crippen LogP contribution in [0.4, 0.5) is 13.2 Å². The molecule has 2 N–H and O–H groups in total. The molecule has 1 rings (SSSR count). The molecule has 0 aliphatic carbocycles. The van der Waals surface area contributed by atoms with E-state index in [1.807, 2.05) is 0 Å². The molecule has 0 bridgehead atoms. The first-order chi connectivity index (χ1) is 6.07. The van der Waals surface area contributed by atoms with E-state index >= 15 is 0 Å². The zero-order chi connectivity index (χ0) is 10.0. The molecule has 0 spiro atoms. The lowest BCUT2D eigenvalue weighted by Gasteiger charge is -2.02. The number of benzene rings is 1. The van der Waals surface area contributed by atoms with Gasteiger partial charge in [0.1, 0.15) is 11.7 Å². The first kappa shape index (κ1) is 10.0. The summed E-state index contributed by atoms with van der Waals surface area (Å²) in [7, 11) is 0. The number of hydrogen-bond acceptors (Lipinski definition) is 1. The van der Waals surface area contributed by atoms with Crippen LogP contribution >= 0.6 is 16.1 Å². The third-order valence-electron chi connectivity index (χ3n) is 1.39. The Kier molecular flexibility index (Phi) is 2.92. The summed E-state index contributed by atoms with van der Waals surface area (Å²) in [4.78, 5) is 0. The highest BCUT2D eigenvalue weighted by atomic mass is 79.9. The largest absolute Gasteiger partial charge is 0.383 e. The predicted molar refractivity (Wildman–Crippen MR) is 46.0 cm³/mol. The zero-order valence-corrected chi connectivity index (χ0v) is 7.78. The first-order valence-electron chi connectivity index (χ1n) is 3.16. The Morgan fingerprint density at radius 1 is 1.23 bits per heavy atom. The van der Waals surface area contributed by atoms with E-state index in [0.29, 0.717) is 6.07 Å². The molecule has 13 heavy (non-hydrogen) atoms. The number of nitrogens with two attached hydrogens (primary N) is 1. The Hall–Kier alpha value is -1.04. The van der Waals surface area contributed by atoms with Crippen molar-refractivity contribution in [3.8, 4) is 0 Å². The Morgan fingerprint density at radius 2 is 1.77 bits per heavy atom. The molecular formula is C7H4BrF3N2. The first-order valence-corrected chi connectivity index (χ1v) is 3.87. The van der Waals surface area contributed by atoms with Gasteiger partial charge in [-0.3, -0.25) is 0 Å². The molecule has 0 amide bonds. The summed E-state index contributed by atoms with van der Waals surface area (Å²) in [6.07, 6.45) is 0. The average molecular weight is 253 g/mol. The maximum absolute atomic E-state index is 12.9. The van der Waals surface area contributed by atoms with Crippen LogP contribution in [0.5, 0.6) is 0 Å². The van der Waals surface area contributed by atoms with Gasteiger partial charge in [-0.2, -0.15) is 4.02 Å². The van der Waals surface area contributed by atoms with Crippen LogP contribution in [0.3, 0.4) is 0 Å². The Balaban J connectivity index is 3.42.